The Morgan fingerprint density at radius 2 is 1.82 bits per heavy atom. The summed E-state index contributed by atoms with van der Waals surface area (Å²) in [6, 6.07) is 16.5. The van der Waals surface area contributed by atoms with Gasteiger partial charge < -0.3 is 21.3 Å². The van der Waals surface area contributed by atoms with E-state index in [0.717, 1.165) is 28.9 Å². The lowest BCUT2D eigenvalue weighted by Crippen LogP contribution is -2.35. The molecule has 5 rings (SSSR count). The molecule has 0 saturated heterocycles. The van der Waals surface area contributed by atoms with Gasteiger partial charge in [-0.2, -0.15) is 4.98 Å². The molecule has 1 atom stereocenters. The second kappa shape index (κ2) is 12.4. The first-order valence-electron chi connectivity index (χ1n) is 12.0. The minimum absolute atomic E-state index is 0.266. The molecular formula is C26H24Cl2N8O2S. The van der Waals surface area contributed by atoms with E-state index in [-0.39, 0.29) is 12.6 Å². The average Bonchev–Trinajstić information content (AvgIpc) is 2.93. The number of nitrogens with one attached hydrogen (secondary N) is 5. The van der Waals surface area contributed by atoms with Crippen LogP contribution in [0.1, 0.15) is 11.1 Å². The van der Waals surface area contributed by atoms with Crippen LogP contribution in [-0.2, 0) is 23.8 Å². The third-order valence-corrected chi connectivity index (χ3v) is 7.42. The highest BCUT2D eigenvalue weighted by Crippen LogP contribution is 2.29. The number of hydrogen-bond donors (Lipinski definition) is 5. The zero-order chi connectivity index (χ0) is 27.2. The van der Waals surface area contributed by atoms with Crippen molar-refractivity contribution in [3.8, 4) is 0 Å². The van der Waals surface area contributed by atoms with Gasteiger partial charge in [0.1, 0.15) is 21.2 Å². The quantitative estimate of drug-likeness (QED) is 0.156. The summed E-state index contributed by atoms with van der Waals surface area (Å²) in [7, 11) is -1.46. The van der Waals surface area contributed by atoms with Gasteiger partial charge in [-0.3, -0.25) is 0 Å². The second-order valence-electron chi connectivity index (χ2n) is 8.57. The Kier molecular flexibility index (Phi) is 8.52. The number of hydrogen-bond acceptors (Lipinski definition) is 7. The number of aryl methyl sites for hydroxylation is 2. The molecule has 39 heavy (non-hydrogen) atoms. The molecule has 10 nitrogen and oxygen atoms in total. The molecule has 1 aliphatic heterocycles. The number of nitrogens with zero attached hydrogens (tertiary/aromatic N) is 3. The number of aromatic nitrogens is 3. The molecule has 0 saturated carbocycles. The number of carbonyl (C=O) groups is 1. The van der Waals surface area contributed by atoms with E-state index in [2.05, 4.69) is 47.0 Å². The summed E-state index contributed by atoms with van der Waals surface area (Å²) in [5.41, 5.74) is 4.38. The van der Waals surface area contributed by atoms with Crippen molar-refractivity contribution in [1.82, 2.24) is 25.0 Å². The summed E-state index contributed by atoms with van der Waals surface area (Å²) in [5.74, 6) is 0.893. The van der Waals surface area contributed by atoms with Crippen molar-refractivity contribution >= 4 is 69.0 Å². The van der Waals surface area contributed by atoms with Crippen LogP contribution in [0.3, 0.4) is 0 Å². The van der Waals surface area contributed by atoms with Gasteiger partial charge in [0.2, 0.25) is 5.95 Å². The number of halogens is 2. The van der Waals surface area contributed by atoms with Crippen LogP contribution < -0.4 is 26.0 Å². The van der Waals surface area contributed by atoms with Crippen molar-refractivity contribution in [2.45, 2.75) is 17.7 Å². The highest BCUT2D eigenvalue weighted by atomic mass is 35.5. The standard InChI is InChI=1S/C26H24Cl2N8O2S/c27-21-15-31-25-34-18-3-1-2-16(12-18)4-5-17-13-19(33-24(21)36-25)6-8-22(17)35-26(37)29-10-11-32-39(38)20-7-9-23(28)30-14-20/h1-3,6-9,12-15,32H,4-5,10-11H2,(H2,29,35,37)(H2,31,33,34,36). The fourth-order valence-corrected chi connectivity index (χ4v) is 4.95. The van der Waals surface area contributed by atoms with E-state index in [1.807, 2.05) is 36.4 Å². The highest BCUT2D eigenvalue weighted by molar-refractivity contribution is 7.83. The molecule has 4 aromatic rings. The smallest absolute Gasteiger partial charge is 0.319 e. The normalized spacial score (nSPS) is 13.0. The van der Waals surface area contributed by atoms with Crippen LogP contribution >= 0.6 is 23.2 Å². The fraction of sp³-hybridized carbons (Fsp3) is 0.154. The molecule has 0 aliphatic carbocycles. The minimum Gasteiger partial charge on any atom is -0.339 e. The van der Waals surface area contributed by atoms with E-state index in [9.17, 15) is 9.00 Å². The SMILES string of the molecule is O=C(NCCNS(=O)c1ccc(Cl)nc1)Nc1ccc2cc1CCc1cccc(c1)Nc1ncc(Cl)c(n1)N2. The molecule has 1 aliphatic rings. The number of amides is 2. The van der Waals surface area contributed by atoms with E-state index in [4.69, 9.17) is 23.2 Å². The van der Waals surface area contributed by atoms with Gasteiger partial charge in [-0.25, -0.2) is 23.7 Å². The zero-order valence-corrected chi connectivity index (χ0v) is 22.8. The van der Waals surface area contributed by atoms with Crippen molar-refractivity contribution in [3.05, 3.63) is 88.3 Å². The van der Waals surface area contributed by atoms with Gasteiger partial charge in [-0.05, 0) is 66.4 Å². The maximum absolute atomic E-state index is 12.7. The van der Waals surface area contributed by atoms with Crippen LogP contribution in [0.2, 0.25) is 10.2 Å². The first-order chi connectivity index (χ1) is 18.9. The van der Waals surface area contributed by atoms with Gasteiger partial charge in [-0.1, -0.05) is 35.3 Å². The Balaban J connectivity index is 1.26. The van der Waals surface area contributed by atoms with Crippen LogP contribution in [0.4, 0.5) is 33.6 Å². The van der Waals surface area contributed by atoms with Crippen LogP contribution in [0, 0.1) is 0 Å². The lowest BCUT2D eigenvalue weighted by atomic mass is 10.0. The Labute approximate surface area is 237 Å². The van der Waals surface area contributed by atoms with Crippen molar-refractivity contribution in [3.63, 3.8) is 0 Å². The van der Waals surface area contributed by atoms with Crippen LogP contribution in [0.15, 0.2) is 71.9 Å². The molecule has 200 valence electrons. The van der Waals surface area contributed by atoms with E-state index in [1.54, 1.807) is 18.3 Å². The number of carbonyl (C=O) groups excluding carboxylic acids is 1. The summed E-state index contributed by atoms with van der Waals surface area (Å²) in [5, 5.41) is 12.9. The van der Waals surface area contributed by atoms with Crippen molar-refractivity contribution in [2.24, 2.45) is 0 Å². The number of benzene rings is 2. The summed E-state index contributed by atoms with van der Waals surface area (Å²) in [6.07, 6.45) is 4.42. The Bertz CT molecular complexity index is 1520. The van der Waals surface area contributed by atoms with E-state index in [0.29, 0.717) is 45.5 Å². The molecule has 1 unspecified atom stereocenters. The van der Waals surface area contributed by atoms with Gasteiger partial charge in [0, 0.05) is 36.3 Å². The average molecular weight is 584 g/mol. The molecule has 0 radical (unpaired) electrons. The van der Waals surface area contributed by atoms with Crippen LogP contribution in [0.5, 0.6) is 0 Å². The maximum atomic E-state index is 12.7. The Morgan fingerprint density at radius 3 is 2.67 bits per heavy atom. The minimum atomic E-state index is -1.46. The third kappa shape index (κ3) is 7.21. The summed E-state index contributed by atoms with van der Waals surface area (Å²) < 4.78 is 15.1. The van der Waals surface area contributed by atoms with E-state index < -0.39 is 11.0 Å². The molecule has 13 heteroatoms. The van der Waals surface area contributed by atoms with Gasteiger partial charge >= 0.3 is 6.03 Å². The molecular weight excluding hydrogens is 559 g/mol. The first-order valence-corrected chi connectivity index (χ1v) is 13.9. The summed E-state index contributed by atoms with van der Waals surface area (Å²) >= 11 is 12.1. The molecule has 6 bridgehead atoms. The van der Waals surface area contributed by atoms with Gasteiger partial charge in [-0.15, -0.1) is 0 Å². The monoisotopic (exact) mass is 582 g/mol. The number of anilines is 5. The predicted octanol–water partition coefficient (Wildman–Crippen LogP) is 5.20. The Hall–Kier alpha value is -3.77. The molecule has 0 fully saturated rings. The van der Waals surface area contributed by atoms with Crippen LogP contribution in [-0.4, -0.2) is 38.3 Å². The van der Waals surface area contributed by atoms with E-state index in [1.165, 1.54) is 6.20 Å². The molecule has 2 aromatic heterocycles. The van der Waals surface area contributed by atoms with Gasteiger partial charge in [0.25, 0.3) is 0 Å². The third-order valence-electron chi connectivity index (χ3n) is 5.78. The lowest BCUT2D eigenvalue weighted by Gasteiger charge is -2.15. The molecule has 0 spiro atoms. The summed E-state index contributed by atoms with van der Waals surface area (Å²) in [4.78, 5) is 25.9. The first kappa shape index (κ1) is 26.8. The topological polar surface area (TPSA) is 133 Å². The van der Waals surface area contributed by atoms with Crippen LogP contribution in [0.25, 0.3) is 0 Å². The van der Waals surface area contributed by atoms with Gasteiger partial charge in [0.05, 0.1) is 11.1 Å². The predicted molar refractivity (Wildman–Crippen MR) is 155 cm³/mol. The number of rotatable bonds is 6. The second-order valence-corrected chi connectivity index (χ2v) is 10.7. The number of pyridine rings is 1. The molecule has 2 amide bonds. The van der Waals surface area contributed by atoms with Gasteiger partial charge in [0.15, 0.2) is 5.82 Å². The summed E-state index contributed by atoms with van der Waals surface area (Å²) in [6.45, 7) is 0.562. The fourth-order valence-electron chi connectivity index (χ4n) is 3.91. The molecule has 3 heterocycles. The molecule has 5 N–H and O–H groups in total. The number of urea groups is 1. The zero-order valence-electron chi connectivity index (χ0n) is 20.5. The van der Waals surface area contributed by atoms with Crippen molar-refractivity contribution in [1.29, 1.82) is 0 Å². The van der Waals surface area contributed by atoms with Crippen molar-refractivity contribution < 1.29 is 9.00 Å². The lowest BCUT2D eigenvalue weighted by molar-refractivity contribution is 0.252. The Morgan fingerprint density at radius 1 is 0.949 bits per heavy atom. The maximum Gasteiger partial charge on any atom is 0.319 e. The van der Waals surface area contributed by atoms with Crippen molar-refractivity contribution in [2.75, 3.05) is 29.0 Å². The largest absolute Gasteiger partial charge is 0.339 e. The highest BCUT2D eigenvalue weighted by Gasteiger charge is 2.13. The van der Waals surface area contributed by atoms with E-state index >= 15 is 0 Å². The number of fused-ring (bicyclic) bond motifs is 6. The molecule has 2 aromatic carbocycles.